The highest BCUT2D eigenvalue weighted by Gasteiger charge is 2.30. The fraction of sp³-hybridized carbons (Fsp3) is 0.500. The summed E-state index contributed by atoms with van der Waals surface area (Å²) in [5.74, 6) is -0.748. The maximum atomic E-state index is 12.6. The lowest BCUT2D eigenvalue weighted by molar-refractivity contribution is -0.118. The van der Waals surface area contributed by atoms with Crippen molar-refractivity contribution < 1.29 is 18.7 Å². The van der Waals surface area contributed by atoms with Crippen molar-refractivity contribution in [2.45, 2.75) is 39.0 Å². The van der Waals surface area contributed by atoms with E-state index in [0.717, 1.165) is 30.5 Å². The predicted molar refractivity (Wildman–Crippen MR) is 84.7 cm³/mol. The van der Waals surface area contributed by atoms with E-state index < -0.39 is 5.97 Å². The molecule has 8 heteroatoms. The van der Waals surface area contributed by atoms with Gasteiger partial charge in [0.1, 0.15) is 5.76 Å². The second kappa shape index (κ2) is 6.46. The molecule has 2 heterocycles. The number of aromatic nitrogens is 3. The molecular formula is C16H20N4O4. The first-order valence-corrected chi connectivity index (χ1v) is 7.97. The first-order valence-electron chi connectivity index (χ1n) is 7.97. The van der Waals surface area contributed by atoms with Gasteiger partial charge in [0.25, 0.3) is 0 Å². The van der Waals surface area contributed by atoms with E-state index in [1.165, 1.54) is 0 Å². The molecule has 8 nitrogen and oxygen atoms in total. The van der Waals surface area contributed by atoms with Crippen molar-refractivity contribution in [2.75, 3.05) is 11.9 Å². The standard InChI is InChI=1S/C16H20N4O4/c1-4-23-15(22)13-9(2)24-16(17-13)18-14(21)10-6-5-7-12-11(10)8-20(3)19-12/h8,10H,4-7H2,1-3H3,(H,17,18,21)/t10-/m1/s1. The third kappa shape index (κ3) is 3.04. The van der Waals surface area contributed by atoms with Crippen LogP contribution in [0.15, 0.2) is 10.6 Å². The summed E-state index contributed by atoms with van der Waals surface area (Å²) in [6.07, 6.45) is 4.41. The van der Waals surface area contributed by atoms with Gasteiger partial charge in [0.2, 0.25) is 5.91 Å². The van der Waals surface area contributed by atoms with E-state index in [1.807, 2.05) is 13.2 Å². The van der Waals surface area contributed by atoms with Gasteiger partial charge in [-0.3, -0.25) is 14.8 Å². The Bertz CT molecular complexity index is 777. The SMILES string of the molecule is CCOC(=O)c1nc(NC(=O)[C@@H]2CCCc3nn(C)cc32)oc1C. The molecule has 0 radical (unpaired) electrons. The lowest BCUT2D eigenvalue weighted by Crippen LogP contribution is -2.24. The Morgan fingerprint density at radius 3 is 3.04 bits per heavy atom. The Hall–Kier alpha value is -2.64. The van der Waals surface area contributed by atoms with Crippen LogP contribution in [-0.4, -0.2) is 33.2 Å². The molecule has 3 rings (SSSR count). The fourth-order valence-electron chi connectivity index (χ4n) is 2.97. The topological polar surface area (TPSA) is 99.2 Å². The molecule has 0 bridgehead atoms. The van der Waals surface area contributed by atoms with Crippen LogP contribution >= 0.6 is 0 Å². The van der Waals surface area contributed by atoms with Crippen LogP contribution in [0.25, 0.3) is 0 Å². The molecule has 1 N–H and O–H groups in total. The Morgan fingerprint density at radius 2 is 2.29 bits per heavy atom. The van der Waals surface area contributed by atoms with Gasteiger partial charge in [0.05, 0.1) is 18.2 Å². The number of nitrogens with one attached hydrogen (secondary N) is 1. The summed E-state index contributed by atoms with van der Waals surface area (Å²) < 4.78 is 12.0. The van der Waals surface area contributed by atoms with E-state index in [0.29, 0.717) is 5.76 Å². The van der Waals surface area contributed by atoms with E-state index in [2.05, 4.69) is 15.4 Å². The number of nitrogens with zero attached hydrogens (tertiary/aromatic N) is 3. The number of rotatable bonds is 4. The van der Waals surface area contributed by atoms with Crippen molar-refractivity contribution in [1.29, 1.82) is 0 Å². The Labute approximate surface area is 139 Å². The fourth-order valence-corrected chi connectivity index (χ4v) is 2.97. The highest BCUT2D eigenvalue weighted by atomic mass is 16.5. The molecule has 0 saturated carbocycles. The van der Waals surface area contributed by atoms with E-state index >= 15 is 0 Å². The number of carbonyl (C=O) groups excluding carboxylic acids is 2. The van der Waals surface area contributed by atoms with E-state index in [4.69, 9.17) is 9.15 Å². The van der Waals surface area contributed by atoms with Crippen molar-refractivity contribution >= 4 is 17.9 Å². The first kappa shape index (κ1) is 16.2. The van der Waals surface area contributed by atoms with Gasteiger partial charge in [-0.05, 0) is 33.1 Å². The predicted octanol–water partition coefficient (Wildman–Crippen LogP) is 1.95. The monoisotopic (exact) mass is 332 g/mol. The number of ether oxygens (including phenoxy) is 1. The van der Waals surface area contributed by atoms with Gasteiger partial charge < -0.3 is 9.15 Å². The molecule has 2 aromatic rings. The largest absolute Gasteiger partial charge is 0.461 e. The van der Waals surface area contributed by atoms with Crippen molar-refractivity contribution in [3.63, 3.8) is 0 Å². The van der Waals surface area contributed by atoms with Crippen molar-refractivity contribution in [2.24, 2.45) is 7.05 Å². The summed E-state index contributed by atoms with van der Waals surface area (Å²) in [7, 11) is 1.84. The molecule has 1 aliphatic carbocycles. The summed E-state index contributed by atoms with van der Waals surface area (Å²) in [6.45, 7) is 3.57. The highest BCUT2D eigenvalue weighted by Crippen LogP contribution is 2.31. The van der Waals surface area contributed by atoms with Crippen LogP contribution in [0.2, 0.25) is 0 Å². The van der Waals surface area contributed by atoms with Gasteiger partial charge in [-0.15, -0.1) is 0 Å². The molecule has 0 aromatic carbocycles. The summed E-state index contributed by atoms with van der Waals surface area (Å²) in [6, 6.07) is 0.0107. The molecule has 2 aromatic heterocycles. The van der Waals surface area contributed by atoms with Crippen LogP contribution in [-0.2, 0) is 23.0 Å². The van der Waals surface area contributed by atoms with Gasteiger partial charge in [-0.25, -0.2) is 4.79 Å². The van der Waals surface area contributed by atoms with Crippen LogP contribution in [0, 0.1) is 6.92 Å². The van der Waals surface area contributed by atoms with Crippen molar-refractivity contribution in [3.8, 4) is 0 Å². The normalized spacial score (nSPS) is 16.5. The second-order valence-corrected chi connectivity index (χ2v) is 5.78. The molecule has 1 atom stereocenters. The molecule has 128 valence electrons. The third-order valence-corrected chi connectivity index (χ3v) is 4.03. The Balaban J connectivity index is 1.76. The summed E-state index contributed by atoms with van der Waals surface area (Å²) in [5, 5.41) is 7.05. The van der Waals surface area contributed by atoms with Crippen molar-refractivity contribution in [1.82, 2.24) is 14.8 Å². The average Bonchev–Trinajstić information content (AvgIpc) is 3.08. The van der Waals surface area contributed by atoms with Gasteiger partial charge in [-0.2, -0.15) is 10.1 Å². The molecule has 1 amide bonds. The number of carbonyl (C=O) groups is 2. The third-order valence-electron chi connectivity index (χ3n) is 4.03. The van der Waals surface area contributed by atoms with Gasteiger partial charge in [0.15, 0.2) is 5.69 Å². The number of aryl methyl sites for hydroxylation is 3. The van der Waals surface area contributed by atoms with Gasteiger partial charge in [0, 0.05) is 18.8 Å². The quantitative estimate of drug-likeness (QED) is 0.859. The van der Waals surface area contributed by atoms with Crippen LogP contribution in [0.5, 0.6) is 0 Å². The highest BCUT2D eigenvalue weighted by molar-refractivity contribution is 5.95. The maximum absolute atomic E-state index is 12.6. The summed E-state index contributed by atoms with van der Waals surface area (Å²) in [4.78, 5) is 28.4. The minimum atomic E-state index is -0.563. The Morgan fingerprint density at radius 1 is 1.50 bits per heavy atom. The van der Waals surface area contributed by atoms with E-state index in [9.17, 15) is 9.59 Å². The first-order chi connectivity index (χ1) is 11.5. The molecule has 0 fully saturated rings. The number of amides is 1. The zero-order valence-corrected chi connectivity index (χ0v) is 14.0. The van der Waals surface area contributed by atoms with Gasteiger partial charge >= 0.3 is 12.0 Å². The zero-order valence-electron chi connectivity index (χ0n) is 14.0. The minimum absolute atomic E-state index is 0.0107. The van der Waals surface area contributed by atoms with Crippen LogP contribution in [0.1, 0.15) is 53.2 Å². The summed E-state index contributed by atoms with van der Waals surface area (Å²) in [5.41, 5.74) is 1.98. The minimum Gasteiger partial charge on any atom is -0.461 e. The molecule has 0 aliphatic heterocycles. The number of fused-ring (bicyclic) bond motifs is 1. The number of esters is 1. The van der Waals surface area contributed by atoms with Crippen LogP contribution in [0.4, 0.5) is 6.01 Å². The smallest absolute Gasteiger partial charge is 0.360 e. The lowest BCUT2D eigenvalue weighted by Gasteiger charge is -2.19. The van der Waals surface area contributed by atoms with Crippen LogP contribution < -0.4 is 5.32 Å². The Kier molecular flexibility index (Phi) is 4.37. The number of hydrogen-bond acceptors (Lipinski definition) is 6. The molecule has 24 heavy (non-hydrogen) atoms. The number of anilines is 1. The van der Waals surface area contributed by atoms with E-state index in [-0.39, 0.29) is 30.1 Å². The lowest BCUT2D eigenvalue weighted by atomic mass is 9.86. The average molecular weight is 332 g/mol. The molecule has 0 saturated heterocycles. The van der Waals surface area contributed by atoms with Crippen LogP contribution in [0.3, 0.4) is 0 Å². The number of oxazole rings is 1. The molecule has 0 unspecified atom stereocenters. The zero-order chi connectivity index (χ0) is 17.3. The van der Waals surface area contributed by atoms with E-state index in [1.54, 1.807) is 18.5 Å². The molecular weight excluding hydrogens is 312 g/mol. The second-order valence-electron chi connectivity index (χ2n) is 5.78. The summed E-state index contributed by atoms with van der Waals surface area (Å²) >= 11 is 0. The van der Waals surface area contributed by atoms with Crippen molar-refractivity contribution in [3.05, 3.63) is 28.9 Å². The maximum Gasteiger partial charge on any atom is 0.360 e. The van der Waals surface area contributed by atoms with Gasteiger partial charge in [-0.1, -0.05) is 0 Å². The number of hydrogen-bond donors (Lipinski definition) is 1. The molecule has 1 aliphatic rings. The molecule has 0 spiro atoms.